The van der Waals surface area contributed by atoms with Crippen LogP contribution in [0, 0.1) is 0 Å². The van der Waals surface area contributed by atoms with Crippen LogP contribution >= 0.6 is 0 Å². The molecule has 0 aromatic carbocycles. The van der Waals surface area contributed by atoms with Gasteiger partial charge < -0.3 is 20.1 Å². The molecule has 7 heteroatoms. The van der Waals surface area contributed by atoms with Gasteiger partial charge in [0.15, 0.2) is 12.1 Å². The van der Waals surface area contributed by atoms with Crippen LogP contribution in [0.1, 0.15) is 169 Å². The first-order chi connectivity index (χ1) is 20.2. The highest BCUT2D eigenvalue weighted by molar-refractivity contribution is 5.77. The third-order valence-electron chi connectivity index (χ3n) is 8.83. The van der Waals surface area contributed by atoms with Gasteiger partial charge in [-0.25, -0.2) is 9.59 Å². The van der Waals surface area contributed by atoms with Gasteiger partial charge in [-0.3, -0.25) is 4.48 Å². The summed E-state index contributed by atoms with van der Waals surface area (Å²) in [7, 11) is 0. The Morgan fingerprint density at radius 1 is 0.548 bits per heavy atom. The van der Waals surface area contributed by atoms with Crippen LogP contribution in [0.2, 0.25) is 0 Å². The van der Waals surface area contributed by atoms with Crippen LogP contribution in [0.5, 0.6) is 0 Å². The van der Waals surface area contributed by atoms with Gasteiger partial charge in [-0.05, 0) is 51.4 Å². The lowest BCUT2D eigenvalue weighted by Crippen LogP contribution is -2.74. The summed E-state index contributed by atoms with van der Waals surface area (Å²) in [6.45, 7) is 8.06. The molecule has 7 nitrogen and oxygen atoms in total. The van der Waals surface area contributed by atoms with Gasteiger partial charge in [-0.1, -0.05) is 110 Å². The van der Waals surface area contributed by atoms with Crippen LogP contribution in [0.4, 0.5) is 0 Å². The number of carboxylic acids is 3. The Kier molecular flexibility index (Phi) is 24.4. The molecule has 42 heavy (non-hydrogen) atoms. The van der Waals surface area contributed by atoms with E-state index in [2.05, 4.69) is 19.1 Å². The molecule has 3 unspecified atom stereocenters. The fourth-order valence-corrected chi connectivity index (χ4v) is 6.62. The number of quaternary nitrogens is 1. The molecule has 0 aromatic heterocycles. The number of carboxylic acid groups (broad SMARTS) is 3. The van der Waals surface area contributed by atoms with Crippen molar-refractivity contribution in [2.75, 3.05) is 6.54 Å². The number of hydrogen-bond acceptors (Lipinski definition) is 4. The minimum atomic E-state index is -1.33. The first-order valence-corrected chi connectivity index (χ1v) is 17.4. The van der Waals surface area contributed by atoms with E-state index in [4.69, 9.17) is 0 Å². The minimum absolute atomic E-state index is 0.207. The summed E-state index contributed by atoms with van der Waals surface area (Å²) in [5, 5.41) is 33.0. The molecule has 3 atom stereocenters. The van der Waals surface area contributed by atoms with Gasteiger partial charge in [0.2, 0.25) is 0 Å². The molecular weight excluding hydrogens is 530 g/mol. The third kappa shape index (κ3) is 15.5. The Bertz CT molecular complexity index is 677. The van der Waals surface area contributed by atoms with Crippen molar-refractivity contribution in [2.24, 2.45) is 0 Å². The number of carbonyl (C=O) groups is 3. The Labute approximate surface area is 257 Å². The molecule has 0 amide bonds. The van der Waals surface area contributed by atoms with E-state index >= 15 is 0 Å². The number of nitrogens with zero attached hydrogens (tertiary/aromatic N) is 1. The molecule has 0 saturated heterocycles. The van der Waals surface area contributed by atoms with Crippen LogP contribution in [0.3, 0.4) is 0 Å². The van der Waals surface area contributed by atoms with Crippen molar-refractivity contribution in [3.63, 3.8) is 0 Å². The monoisotopic (exact) mass is 595 g/mol. The molecule has 0 heterocycles. The predicted octanol–water partition coefficient (Wildman–Crippen LogP) is 8.05. The molecule has 2 N–H and O–H groups in total. The summed E-state index contributed by atoms with van der Waals surface area (Å²) < 4.78 is -0.434. The highest BCUT2D eigenvalue weighted by atomic mass is 16.4. The summed E-state index contributed by atoms with van der Waals surface area (Å²) >= 11 is 0. The molecule has 0 aliphatic carbocycles. The van der Waals surface area contributed by atoms with E-state index in [1.54, 1.807) is 0 Å². The van der Waals surface area contributed by atoms with Gasteiger partial charge in [0.1, 0.15) is 6.04 Å². The molecule has 0 fully saturated rings. The lowest BCUT2D eigenvalue weighted by molar-refractivity contribution is -0.975. The zero-order chi connectivity index (χ0) is 31.6. The highest BCUT2D eigenvalue weighted by Gasteiger charge is 2.54. The summed E-state index contributed by atoms with van der Waals surface area (Å²) in [4.78, 5) is 37.6. The SMILES string of the molecule is CCCCCC/C=C/CCCCCCCCCCCC[N+](C(CCC)C(=O)[O-])(C(CCC)C(=O)O)C(CCC)C(=O)O. The average Bonchev–Trinajstić information content (AvgIpc) is 2.95. The summed E-state index contributed by atoms with van der Waals surface area (Å²) in [5.74, 6) is -3.56. The second-order valence-corrected chi connectivity index (χ2v) is 12.3. The maximum absolute atomic E-state index is 12.6. The van der Waals surface area contributed by atoms with Crippen molar-refractivity contribution in [3.8, 4) is 0 Å². The lowest BCUT2D eigenvalue weighted by Gasteiger charge is -2.52. The van der Waals surface area contributed by atoms with Crippen molar-refractivity contribution in [2.45, 2.75) is 187 Å². The van der Waals surface area contributed by atoms with Crippen LogP contribution in [-0.4, -0.2) is 57.3 Å². The summed E-state index contributed by atoms with van der Waals surface area (Å²) in [6.07, 6.45) is 25.7. The maximum atomic E-state index is 12.6. The quantitative estimate of drug-likeness (QED) is 0.0493. The molecule has 0 aromatic rings. The second kappa shape index (κ2) is 25.6. The molecule has 0 bridgehead atoms. The van der Waals surface area contributed by atoms with Crippen molar-refractivity contribution >= 4 is 17.9 Å². The fourth-order valence-electron chi connectivity index (χ4n) is 6.62. The number of rotatable bonds is 30. The van der Waals surface area contributed by atoms with Crippen molar-refractivity contribution in [3.05, 3.63) is 12.2 Å². The van der Waals surface area contributed by atoms with Crippen molar-refractivity contribution in [1.82, 2.24) is 0 Å². The Morgan fingerprint density at radius 3 is 1.26 bits per heavy atom. The standard InChI is InChI=1S/C35H65NO6/c1-5-9-10-11-12-13-14-15-16-17-18-19-20-21-22-23-24-25-29-36(30(26-6-2)33(37)38,31(27-7-3)34(39)40)32(28-8-4)35(41)42/h13-14,30-32H,5-12,15-29H2,1-4H3,(H2-,37,38,39,40,41,42)/b14-13+. The minimum Gasteiger partial charge on any atom is -0.544 e. The van der Waals surface area contributed by atoms with Crippen LogP contribution in [0.25, 0.3) is 0 Å². The first kappa shape index (κ1) is 40.1. The van der Waals surface area contributed by atoms with Crippen LogP contribution in [-0.2, 0) is 14.4 Å². The van der Waals surface area contributed by atoms with Gasteiger partial charge in [-0.15, -0.1) is 0 Å². The zero-order valence-corrected chi connectivity index (χ0v) is 27.6. The first-order valence-electron chi connectivity index (χ1n) is 17.4. The molecule has 0 aliphatic rings. The Hall–Kier alpha value is -1.89. The van der Waals surface area contributed by atoms with E-state index in [1.807, 2.05) is 20.8 Å². The summed E-state index contributed by atoms with van der Waals surface area (Å²) in [6, 6.07) is -3.33. The van der Waals surface area contributed by atoms with Crippen molar-refractivity contribution in [1.29, 1.82) is 0 Å². The van der Waals surface area contributed by atoms with E-state index in [0.29, 0.717) is 25.7 Å². The number of unbranched alkanes of at least 4 members (excludes halogenated alkanes) is 14. The smallest absolute Gasteiger partial charge is 0.362 e. The normalized spacial score (nSPS) is 15.3. The molecular formula is C35H65NO6. The summed E-state index contributed by atoms with van der Waals surface area (Å²) in [5.41, 5.74) is 0. The van der Waals surface area contributed by atoms with Gasteiger partial charge in [0, 0.05) is 19.3 Å². The van der Waals surface area contributed by atoms with E-state index < -0.39 is 40.5 Å². The molecule has 0 spiro atoms. The molecule has 0 rings (SSSR count). The number of allylic oxidation sites excluding steroid dienone is 2. The number of aliphatic carboxylic acids is 3. The number of carbonyl (C=O) groups excluding carboxylic acids is 1. The average molecular weight is 596 g/mol. The topological polar surface area (TPSA) is 115 Å². The van der Waals surface area contributed by atoms with Crippen LogP contribution < -0.4 is 5.11 Å². The molecule has 246 valence electrons. The molecule has 0 radical (unpaired) electrons. The molecule has 0 saturated carbocycles. The van der Waals surface area contributed by atoms with Crippen molar-refractivity contribution < 1.29 is 34.2 Å². The lowest BCUT2D eigenvalue weighted by atomic mass is 9.91. The molecule has 0 aliphatic heterocycles. The van der Waals surface area contributed by atoms with Gasteiger partial charge in [0.25, 0.3) is 0 Å². The van der Waals surface area contributed by atoms with E-state index in [0.717, 1.165) is 25.7 Å². The van der Waals surface area contributed by atoms with Gasteiger partial charge >= 0.3 is 11.9 Å². The van der Waals surface area contributed by atoms with E-state index in [1.165, 1.54) is 70.6 Å². The van der Waals surface area contributed by atoms with Gasteiger partial charge in [0.05, 0.1) is 12.5 Å². The predicted molar refractivity (Wildman–Crippen MR) is 170 cm³/mol. The van der Waals surface area contributed by atoms with E-state index in [9.17, 15) is 29.7 Å². The zero-order valence-electron chi connectivity index (χ0n) is 27.6. The maximum Gasteiger partial charge on any atom is 0.362 e. The second-order valence-electron chi connectivity index (χ2n) is 12.3. The Balaban J connectivity index is 4.91. The van der Waals surface area contributed by atoms with Gasteiger partial charge in [-0.2, -0.15) is 0 Å². The van der Waals surface area contributed by atoms with Crippen LogP contribution in [0.15, 0.2) is 12.2 Å². The fraction of sp³-hybridized carbons (Fsp3) is 0.857. The largest absolute Gasteiger partial charge is 0.544 e. The highest BCUT2D eigenvalue weighted by Crippen LogP contribution is 2.34. The number of hydrogen-bond donors (Lipinski definition) is 2. The van der Waals surface area contributed by atoms with E-state index in [-0.39, 0.29) is 25.8 Å². The Morgan fingerprint density at radius 2 is 0.905 bits per heavy atom. The third-order valence-corrected chi connectivity index (χ3v) is 8.83.